The summed E-state index contributed by atoms with van der Waals surface area (Å²) in [6, 6.07) is 7.91. The predicted molar refractivity (Wildman–Crippen MR) is 60.3 cm³/mol. The topological polar surface area (TPSA) is 44.0 Å². The van der Waals surface area contributed by atoms with Crippen molar-refractivity contribution < 1.29 is 9.50 Å². The second-order valence-electron chi connectivity index (χ2n) is 3.87. The Morgan fingerprint density at radius 3 is 2.81 bits per heavy atom. The number of rotatable bonds is 5. The summed E-state index contributed by atoms with van der Waals surface area (Å²) < 4.78 is 13.0. The molecule has 1 aromatic rings. The van der Waals surface area contributed by atoms with Crippen molar-refractivity contribution >= 4 is 0 Å². The van der Waals surface area contributed by atoms with Crippen LogP contribution in [-0.4, -0.2) is 11.2 Å². The first-order valence-corrected chi connectivity index (χ1v) is 5.52. The standard InChI is InChI=1S/C13H16FNO/c1-2-3-7-13(16)12(9-15)10-5-4-6-11(14)8-10/h4-6,8,12-13,16H,2-3,7H2,1H3. The number of hydrogen-bond donors (Lipinski definition) is 1. The molecule has 1 rings (SSSR count). The van der Waals surface area contributed by atoms with Crippen molar-refractivity contribution in [3.8, 4) is 6.07 Å². The lowest BCUT2D eigenvalue weighted by Gasteiger charge is -2.16. The normalized spacial score (nSPS) is 14.1. The number of hydrogen-bond acceptors (Lipinski definition) is 2. The molecular weight excluding hydrogens is 205 g/mol. The van der Waals surface area contributed by atoms with E-state index in [1.165, 1.54) is 12.1 Å². The van der Waals surface area contributed by atoms with Crippen LogP contribution in [0, 0.1) is 17.1 Å². The summed E-state index contributed by atoms with van der Waals surface area (Å²) in [5.41, 5.74) is 0.547. The SMILES string of the molecule is CCCCC(O)C(C#N)c1cccc(F)c1. The molecule has 1 aromatic carbocycles. The van der Waals surface area contributed by atoms with Crippen molar-refractivity contribution in [3.05, 3.63) is 35.6 Å². The van der Waals surface area contributed by atoms with Crippen LogP contribution in [0.25, 0.3) is 0 Å². The molecule has 0 aromatic heterocycles. The van der Waals surface area contributed by atoms with Crippen LogP contribution in [0.1, 0.15) is 37.7 Å². The van der Waals surface area contributed by atoms with Crippen molar-refractivity contribution in [2.45, 2.75) is 38.2 Å². The summed E-state index contributed by atoms with van der Waals surface area (Å²) in [7, 11) is 0. The number of nitriles is 1. The van der Waals surface area contributed by atoms with Crippen LogP contribution in [0.5, 0.6) is 0 Å². The molecule has 0 saturated heterocycles. The average molecular weight is 221 g/mol. The van der Waals surface area contributed by atoms with E-state index in [1.807, 2.05) is 13.0 Å². The molecule has 0 aliphatic heterocycles. The Morgan fingerprint density at radius 2 is 2.25 bits per heavy atom. The quantitative estimate of drug-likeness (QED) is 0.830. The van der Waals surface area contributed by atoms with Gasteiger partial charge in [-0.2, -0.15) is 5.26 Å². The van der Waals surface area contributed by atoms with E-state index in [0.29, 0.717) is 12.0 Å². The summed E-state index contributed by atoms with van der Waals surface area (Å²) in [6.07, 6.45) is 1.70. The van der Waals surface area contributed by atoms with Gasteiger partial charge in [-0.1, -0.05) is 31.9 Å². The molecule has 0 aliphatic rings. The molecule has 3 heteroatoms. The van der Waals surface area contributed by atoms with Gasteiger partial charge in [0.15, 0.2) is 0 Å². The van der Waals surface area contributed by atoms with Crippen LogP contribution in [0.4, 0.5) is 4.39 Å². The summed E-state index contributed by atoms with van der Waals surface area (Å²) in [6.45, 7) is 2.02. The van der Waals surface area contributed by atoms with Gasteiger partial charge in [0.25, 0.3) is 0 Å². The summed E-state index contributed by atoms with van der Waals surface area (Å²) in [5.74, 6) is -1.01. The molecule has 2 unspecified atom stereocenters. The maximum absolute atomic E-state index is 13.0. The van der Waals surface area contributed by atoms with Gasteiger partial charge in [0, 0.05) is 0 Å². The lowest BCUT2D eigenvalue weighted by molar-refractivity contribution is 0.148. The highest BCUT2D eigenvalue weighted by molar-refractivity contribution is 5.26. The maximum atomic E-state index is 13.0. The highest BCUT2D eigenvalue weighted by atomic mass is 19.1. The van der Waals surface area contributed by atoms with Crippen molar-refractivity contribution in [3.63, 3.8) is 0 Å². The van der Waals surface area contributed by atoms with Crippen LogP contribution in [0.3, 0.4) is 0 Å². The largest absolute Gasteiger partial charge is 0.391 e. The second-order valence-corrected chi connectivity index (χ2v) is 3.87. The molecule has 0 radical (unpaired) electrons. The zero-order chi connectivity index (χ0) is 12.0. The first-order chi connectivity index (χ1) is 7.69. The van der Waals surface area contributed by atoms with E-state index >= 15 is 0 Å². The van der Waals surface area contributed by atoms with E-state index in [0.717, 1.165) is 12.8 Å². The Labute approximate surface area is 95.3 Å². The van der Waals surface area contributed by atoms with Crippen molar-refractivity contribution in [2.24, 2.45) is 0 Å². The van der Waals surface area contributed by atoms with Gasteiger partial charge in [-0.25, -0.2) is 4.39 Å². The first-order valence-electron chi connectivity index (χ1n) is 5.52. The van der Waals surface area contributed by atoms with Crippen molar-refractivity contribution in [1.82, 2.24) is 0 Å². The van der Waals surface area contributed by atoms with E-state index in [4.69, 9.17) is 5.26 Å². The van der Waals surface area contributed by atoms with Crippen LogP contribution in [0.15, 0.2) is 24.3 Å². The van der Waals surface area contributed by atoms with Gasteiger partial charge in [0.1, 0.15) is 5.82 Å². The van der Waals surface area contributed by atoms with Gasteiger partial charge in [0.2, 0.25) is 0 Å². The zero-order valence-electron chi connectivity index (χ0n) is 9.36. The molecule has 0 bridgehead atoms. The highest BCUT2D eigenvalue weighted by Crippen LogP contribution is 2.22. The highest BCUT2D eigenvalue weighted by Gasteiger charge is 2.20. The number of aliphatic hydroxyl groups is 1. The Bertz CT molecular complexity index is 372. The number of halogens is 1. The molecule has 0 saturated carbocycles. The van der Waals surface area contributed by atoms with E-state index in [2.05, 4.69) is 0 Å². The van der Waals surface area contributed by atoms with Gasteiger partial charge >= 0.3 is 0 Å². The molecule has 2 nitrogen and oxygen atoms in total. The van der Waals surface area contributed by atoms with Gasteiger partial charge in [-0.05, 0) is 24.1 Å². The van der Waals surface area contributed by atoms with E-state index < -0.39 is 12.0 Å². The van der Waals surface area contributed by atoms with Gasteiger partial charge in [-0.3, -0.25) is 0 Å². The predicted octanol–water partition coefficient (Wildman–Crippen LogP) is 2.98. The Balaban J connectivity index is 2.78. The van der Waals surface area contributed by atoms with Crippen LogP contribution in [-0.2, 0) is 0 Å². The molecular formula is C13H16FNO. The summed E-state index contributed by atoms with van der Waals surface area (Å²) in [4.78, 5) is 0. The first kappa shape index (κ1) is 12.7. The minimum atomic E-state index is -0.716. The monoisotopic (exact) mass is 221 g/mol. The molecule has 1 N–H and O–H groups in total. The maximum Gasteiger partial charge on any atom is 0.123 e. The van der Waals surface area contributed by atoms with Crippen LogP contribution >= 0.6 is 0 Å². The third kappa shape index (κ3) is 3.32. The number of unbranched alkanes of at least 4 members (excludes halogenated alkanes) is 1. The van der Waals surface area contributed by atoms with Crippen molar-refractivity contribution in [2.75, 3.05) is 0 Å². The lowest BCUT2D eigenvalue weighted by Crippen LogP contribution is -2.17. The molecule has 0 fully saturated rings. The van der Waals surface area contributed by atoms with E-state index in [-0.39, 0.29) is 5.82 Å². The molecule has 0 spiro atoms. The molecule has 2 atom stereocenters. The number of nitrogens with zero attached hydrogens (tertiary/aromatic N) is 1. The number of benzene rings is 1. The van der Waals surface area contributed by atoms with Gasteiger partial charge < -0.3 is 5.11 Å². The van der Waals surface area contributed by atoms with Gasteiger partial charge in [0.05, 0.1) is 18.1 Å². The van der Waals surface area contributed by atoms with Crippen molar-refractivity contribution in [1.29, 1.82) is 5.26 Å². The van der Waals surface area contributed by atoms with Crippen LogP contribution in [0.2, 0.25) is 0 Å². The molecule has 16 heavy (non-hydrogen) atoms. The summed E-state index contributed by atoms with van der Waals surface area (Å²) >= 11 is 0. The molecule has 0 aliphatic carbocycles. The molecule has 86 valence electrons. The minimum Gasteiger partial charge on any atom is -0.391 e. The van der Waals surface area contributed by atoms with Crippen LogP contribution < -0.4 is 0 Å². The number of aliphatic hydroxyl groups excluding tert-OH is 1. The third-order valence-corrected chi connectivity index (χ3v) is 2.59. The Morgan fingerprint density at radius 1 is 1.50 bits per heavy atom. The third-order valence-electron chi connectivity index (χ3n) is 2.59. The Kier molecular flexibility index (Phi) is 4.94. The second kappa shape index (κ2) is 6.24. The Hall–Kier alpha value is -1.40. The fourth-order valence-corrected chi connectivity index (χ4v) is 1.66. The summed E-state index contributed by atoms with van der Waals surface area (Å²) in [5, 5.41) is 18.8. The van der Waals surface area contributed by atoms with E-state index in [1.54, 1.807) is 12.1 Å². The smallest absolute Gasteiger partial charge is 0.123 e. The van der Waals surface area contributed by atoms with E-state index in [9.17, 15) is 9.50 Å². The average Bonchev–Trinajstić information content (AvgIpc) is 2.27. The fourth-order valence-electron chi connectivity index (χ4n) is 1.66. The molecule has 0 amide bonds. The van der Waals surface area contributed by atoms with Gasteiger partial charge in [-0.15, -0.1) is 0 Å². The fraction of sp³-hybridized carbons (Fsp3) is 0.462. The molecule has 0 heterocycles. The zero-order valence-corrected chi connectivity index (χ0v) is 9.36. The minimum absolute atomic E-state index is 0.375. The lowest BCUT2D eigenvalue weighted by atomic mass is 9.92.